The highest BCUT2D eigenvalue weighted by Crippen LogP contribution is 2.45. The van der Waals surface area contributed by atoms with Crippen molar-refractivity contribution in [2.45, 2.75) is 25.2 Å². The molecule has 2 aliphatic heterocycles. The lowest BCUT2D eigenvalue weighted by Crippen LogP contribution is -2.53. The molecule has 3 heterocycles. The number of aryl methyl sites for hydroxylation is 1. The largest absolute Gasteiger partial charge is 0.347 e. The molecule has 27 heavy (non-hydrogen) atoms. The number of rotatable bonds is 2. The second-order valence-electron chi connectivity index (χ2n) is 8.16. The average molecular weight is 365 g/mol. The van der Waals surface area contributed by atoms with Gasteiger partial charge in [0.1, 0.15) is 5.69 Å². The molecule has 1 aromatic carbocycles. The van der Waals surface area contributed by atoms with Crippen LogP contribution in [-0.2, 0) is 11.8 Å². The summed E-state index contributed by atoms with van der Waals surface area (Å²) >= 11 is 0. The molecule has 2 saturated heterocycles. The van der Waals surface area contributed by atoms with E-state index in [1.807, 2.05) is 65.0 Å². The number of nitrogens with zero attached hydrogens (tertiary/aromatic N) is 3. The third-order valence-corrected chi connectivity index (χ3v) is 6.36. The van der Waals surface area contributed by atoms with E-state index in [1.165, 1.54) is 0 Å². The summed E-state index contributed by atoms with van der Waals surface area (Å²) < 4.78 is 1.88. The van der Waals surface area contributed by atoms with Crippen LogP contribution in [-0.4, -0.2) is 52.9 Å². The number of aromatic nitrogens is 1. The fraction of sp³-hybridized carbons (Fsp3) is 0.455. The summed E-state index contributed by atoms with van der Waals surface area (Å²) in [4.78, 5) is 29.4. The summed E-state index contributed by atoms with van der Waals surface area (Å²) in [5.74, 6) is 0.256. The maximum absolute atomic E-state index is 12.8. The lowest BCUT2D eigenvalue weighted by molar-refractivity contribution is -0.139. The van der Waals surface area contributed by atoms with Gasteiger partial charge in [0.15, 0.2) is 0 Å². The van der Waals surface area contributed by atoms with Crippen LogP contribution in [0.4, 0.5) is 0 Å². The number of hydrogen-bond acceptors (Lipinski definition) is 2. The van der Waals surface area contributed by atoms with Gasteiger partial charge in [-0.15, -0.1) is 0 Å². The molecule has 0 bridgehead atoms. The van der Waals surface area contributed by atoms with Crippen molar-refractivity contribution in [1.29, 1.82) is 0 Å². The first kappa shape index (κ1) is 17.8. The number of likely N-dealkylation sites (N-methyl/N-ethyl adjacent to an activating group) is 1. The van der Waals surface area contributed by atoms with Gasteiger partial charge in [0, 0.05) is 39.9 Å². The van der Waals surface area contributed by atoms with Crippen LogP contribution in [0.5, 0.6) is 0 Å². The minimum absolute atomic E-state index is 0.0694. The first-order valence-electron chi connectivity index (χ1n) is 9.70. The van der Waals surface area contributed by atoms with Crippen LogP contribution in [0.25, 0.3) is 0 Å². The normalized spacial score (nSPS) is 22.3. The molecular formula is C22H27N3O2. The molecule has 1 atom stereocenters. The van der Waals surface area contributed by atoms with Crippen LogP contribution in [0.3, 0.4) is 0 Å². The topological polar surface area (TPSA) is 45.5 Å². The van der Waals surface area contributed by atoms with E-state index in [1.54, 1.807) is 0 Å². The Labute approximate surface area is 160 Å². The van der Waals surface area contributed by atoms with E-state index in [0.29, 0.717) is 0 Å². The molecule has 0 radical (unpaired) electrons. The number of carbonyl (C=O) groups is 2. The third kappa shape index (κ3) is 3.27. The van der Waals surface area contributed by atoms with Crippen LogP contribution in [0.1, 0.15) is 41.2 Å². The third-order valence-electron chi connectivity index (χ3n) is 6.36. The van der Waals surface area contributed by atoms with Crippen molar-refractivity contribution < 1.29 is 9.59 Å². The number of likely N-dealkylation sites (tertiary alicyclic amines) is 2. The minimum atomic E-state index is -0.0694. The maximum atomic E-state index is 12.8. The highest BCUT2D eigenvalue weighted by molar-refractivity contribution is 5.92. The van der Waals surface area contributed by atoms with Gasteiger partial charge >= 0.3 is 0 Å². The fourth-order valence-corrected chi connectivity index (χ4v) is 4.77. The van der Waals surface area contributed by atoms with Crippen molar-refractivity contribution in [3.05, 3.63) is 59.9 Å². The Morgan fingerprint density at radius 1 is 1.04 bits per heavy atom. The van der Waals surface area contributed by atoms with Crippen LogP contribution in [0.15, 0.2) is 48.7 Å². The van der Waals surface area contributed by atoms with Gasteiger partial charge in [-0.3, -0.25) is 9.59 Å². The Balaban J connectivity index is 1.49. The zero-order chi connectivity index (χ0) is 19.0. The number of piperidine rings is 2. The van der Waals surface area contributed by atoms with E-state index in [-0.39, 0.29) is 23.1 Å². The Morgan fingerprint density at radius 2 is 1.74 bits per heavy atom. The SMILES string of the molecule is CN1CC2(CCN(C(=O)c3cccn3C)CC2)C[C@H](c2ccccc2)C1=O. The average Bonchev–Trinajstić information content (AvgIpc) is 3.11. The molecule has 0 unspecified atom stereocenters. The van der Waals surface area contributed by atoms with E-state index in [9.17, 15) is 9.59 Å². The minimum Gasteiger partial charge on any atom is -0.347 e. The Bertz CT molecular complexity index is 834. The summed E-state index contributed by atoms with van der Waals surface area (Å²) in [6.45, 7) is 2.31. The zero-order valence-corrected chi connectivity index (χ0v) is 16.1. The van der Waals surface area contributed by atoms with Gasteiger partial charge in [-0.1, -0.05) is 30.3 Å². The number of hydrogen-bond donors (Lipinski definition) is 0. The van der Waals surface area contributed by atoms with Crippen molar-refractivity contribution >= 4 is 11.8 Å². The van der Waals surface area contributed by atoms with Gasteiger partial charge in [-0.2, -0.15) is 0 Å². The molecule has 2 aliphatic rings. The first-order chi connectivity index (χ1) is 13.0. The van der Waals surface area contributed by atoms with Gasteiger partial charge in [0.2, 0.25) is 5.91 Å². The van der Waals surface area contributed by atoms with Gasteiger partial charge in [0.25, 0.3) is 5.91 Å². The van der Waals surface area contributed by atoms with Crippen molar-refractivity contribution in [2.75, 3.05) is 26.7 Å². The molecule has 5 heteroatoms. The highest BCUT2D eigenvalue weighted by atomic mass is 16.2. The number of benzene rings is 1. The predicted octanol–water partition coefficient (Wildman–Crippen LogP) is 2.89. The Hall–Kier alpha value is -2.56. The van der Waals surface area contributed by atoms with Crippen LogP contribution in [0.2, 0.25) is 0 Å². The van der Waals surface area contributed by atoms with Crippen molar-refractivity contribution in [1.82, 2.24) is 14.4 Å². The molecular weight excluding hydrogens is 338 g/mol. The molecule has 5 nitrogen and oxygen atoms in total. The highest BCUT2D eigenvalue weighted by Gasteiger charge is 2.45. The van der Waals surface area contributed by atoms with Gasteiger partial charge in [0.05, 0.1) is 5.92 Å². The summed E-state index contributed by atoms with van der Waals surface area (Å²) in [5.41, 5.74) is 1.95. The standard InChI is InChI=1S/C22H27N3O2/c1-23-12-6-9-19(23)21(27)25-13-10-22(11-14-25)15-18(20(26)24(2)16-22)17-7-4-3-5-8-17/h3-9,12,18H,10-11,13-16H2,1-2H3/t18-/m1/s1. The van der Waals surface area contributed by atoms with Gasteiger partial charge in [-0.25, -0.2) is 0 Å². The molecule has 1 aromatic heterocycles. The quantitative estimate of drug-likeness (QED) is 0.821. The lowest BCUT2D eigenvalue weighted by Gasteiger charge is -2.49. The lowest BCUT2D eigenvalue weighted by atomic mass is 9.67. The van der Waals surface area contributed by atoms with E-state index in [0.717, 1.165) is 50.2 Å². The van der Waals surface area contributed by atoms with Gasteiger partial charge < -0.3 is 14.4 Å². The summed E-state index contributed by atoms with van der Waals surface area (Å²) in [6, 6.07) is 13.9. The van der Waals surface area contributed by atoms with E-state index in [2.05, 4.69) is 12.1 Å². The molecule has 2 aromatic rings. The second kappa shape index (κ2) is 6.87. The molecule has 2 amide bonds. The monoisotopic (exact) mass is 365 g/mol. The zero-order valence-electron chi connectivity index (χ0n) is 16.1. The molecule has 0 saturated carbocycles. The first-order valence-corrected chi connectivity index (χ1v) is 9.70. The maximum Gasteiger partial charge on any atom is 0.270 e. The van der Waals surface area contributed by atoms with Crippen LogP contribution >= 0.6 is 0 Å². The molecule has 2 fully saturated rings. The fourth-order valence-electron chi connectivity index (χ4n) is 4.77. The predicted molar refractivity (Wildman–Crippen MR) is 104 cm³/mol. The molecule has 0 aliphatic carbocycles. The number of carbonyl (C=O) groups excluding carboxylic acids is 2. The van der Waals surface area contributed by atoms with E-state index >= 15 is 0 Å². The molecule has 142 valence electrons. The Kier molecular flexibility index (Phi) is 4.54. The molecule has 4 rings (SSSR count). The summed E-state index contributed by atoms with van der Waals surface area (Å²) in [5, 5.41) is 0. The van der Waals surface area contributed by atoms with Crippen molar-refractivity contribution in [3.63, 3.8) is 0 Å². The number of amides is 2. The van der Waals surface area contributed by atoms with Crippen LogP contribution < -0.4 is 0 Å². The molecule has 1 spiro atoms. The van der Waals surface area contributed by atoms with Crippen molar-refractivity contribution in [3.8, 4) is 0 Å². The summed E-state index contributed by atoms with van der Waals surface area (Å²) in [7, 11) is 3.82. The van der Waals surface area contributed by atoms with E-state index in [4.69, 9.17) is 0 Å². The van der Waals surface area contributed by atoms with Gasteiger partial charge in [-0.05, 0) is 42.4 Å². The second-order valence-corrected chi connectivity index (χ2v) is 8.16. The van der Waals surface area contributed by atoms with E-state index < -0.39 is 0 Å². The van der Waals surface area contributed by atoms with Crippen LogP contribution in [0, 0.1) is 5.41 Å². The van der Waals surface area contributed by atoms with Crippen molar-refractivity contribution in [2.24, 2.45) is 12.5 Å². The smallest absolute Gasteiger partial charge is 0.270 e. The molecule has 0 N–H and O–H groups in total. The Morgan fingerprint density at radius 3 is 2.37 bits per heavy atom. The summed E-state index contributed by atoms with van der Waals surface area (Å²) in [6.07, 6.45) is 4.69.